The second-order valence-electron chi connectivity index (χ2n) is 2.56. The predicted octanol–water partition coefficient (Wildman–Crippen LogP) is 0.723. The molecule has 0 aromatic heterocycles. The van der Waals surface area contributed by atoms with E-state index in [-0.39, 0.29) is 5.12 Å². The summed E-state index contributed by atoms with van der Waals surface area (Å²) in [5.74, 6) is 0. The lowest BCUT2D eigenvalue weighted by atomic mass is 10.0. The summed E-state index contributed by atoms with van der Waals surface area (Å²) >= 11 is 0. The van der Waals surface area contributed by atoms with Crippen LogP contribution < -0.4 is 0 Å². The van der Waals surface area contributed by atoms with Crippen LogP contribution >= 0.6 is 0 Å². The number of hydrogen-bond acceptors (Lipinski definition) is 4. The average molecular weight is 197 g/mol. The third kappa shape index (κ3) is 1.76. The number of hydrogen-bond donors (Lipinski definition) is 0. The van der Waals surface area contributed by atoms with Gasteiger partial charge >= 0.3 is 0 Å². The van der Waals surface area contributed by atoms with Crippen LogP contribution in [0.25, 0.3) is 0 Å². The molecule has 0 radical (unpaired) electrons. The molecule has 7 heteroatoms. The third-order valence-electron chi connectivity index (χ3n) is 1.68. The molecule has 0 bridgehead atoms. The molecule has 1 unspecified atom stereocenters. The first-order valence-electron chi connectivity index (χ1n) is 3.65. The van der Waals surface area contributed by atoms with Gasteiger partial charge in [-0.3, -0.25) is 0 Å². The molecule has 0 aromatic rings. The topological polar surface area (TPSA) is 89.5 Å². The minimum atomic E-state index is -1.07. The molecule has 7 nitrogen and oxygen atoms in total. The van der Waals surface area contributed by atoms with E-state index in [2.05, 4.69) is 6.58 Å². The molecule has 0 spiro atoms. The Hall–Kier alpha value is -2.18. The van der Waals surface area contributed by atoms with Crippen LogP contribution in [0.2, 0.25) is 0 Å². The molecule has 1 rings (SSSR count). The molecule has 0 heterocycles. The maximum absolute atomic E-state index is 10.4. The van der Waals surface area contributed by atoms with Crippen LogP contribution in [-0.2, 0) is 0 Å². The summed E-state index contributed by atoms with van der Waals surface area (Å²) in [6.07, 6.45) is 5.94. The summed E-state index contributed by atoms with van der Waals surface area (Å²) in [6.45, 7) is 3.49. The molecule has 0 saturated heterocycles. The molecule has 1 aliphatic rings. The second-order valence-corrected chi connectivity index (χ2v) is 2.56. The molecule has 0 fully saturated rings. The highest BCUT2D eigenvalue weighted by molar-refractivity contribution is 5.33. The van der Waals surface area contributed by atoms with E-state index in [1.54, 1.807) is 6.08 Å². The minimum absolute atomic E-state index is 0.0810. The van der Waals surface area contributed by atoms with Gasteiger partial charge in [0.1, 0.15) is 0 Å². The Morgan fingerprint density at radius 2 is 1.86 bits per heavy atom. The Morgan fingerprint density at radius 1 is 1.29 bits per heavy atom. The van der Waals surface area contributed by atoms with Crippen LogP contribution in [0.5, 0.6) is 0 Å². The normalized spacial score (nSPS) is 19.4. The van der Waals surface area contributed by atoms with Gasteiger partial charge in [0.2, 0.25) is 16.1 Å². The van der Waals surface area contributed by atoms with Crippen molar-refractivity contribution in [3.63, 3.8) is 0 Å². The highest BCUT2D eigenvalue weighted by atomic mass is 16.8. The molecule has 0 aliphatic heterocycles. The fourth-order valence-corrected chi connectivity index (χ4v) is 1.06. The zero-order chi connectivity index (χ0) is 10.7. The molecule has 74 valence electrons. The van der Waals surface area contributed by atoms with Crippen LogP contribution in [0, 0.1) is 20.2 Å². The standard InChI is InChI=1S/C7H7N3O4/c1-6-4-2-3-5-7(6)8(9(11)12)10(13)14/h2-5,7H,1H2. The quantitative estimate of drug-likeness (QED) is 0.491. The van der Waals surface area contributed by atoms with Crippen LogP contribution in [0.1, 0.15) is 0 Å². The fraction of sp³-hybridized carbons (Fsp3) is 0.143. The largest absolute Gasteiger partial charge is 0.230 e. The number of rotatable bonds is 3. The lowest BCUT2D eigenvalue weighted by Crippen LogP contribution is -2.44. The minimum Gasteiger partial charge on any atom is -0.230 e. The molecule has 14 heavy (non-hydrogen) atoms. The smallest absolute Gasteiger partial charge is 0.223 e. The highest BCUT2D eigenvalue weighted by Gasteiger charge is 2.37. The average Bonchev–Trinajstić information content (AvgIpc) is 2.07. The van der Waals surface area contributed by atoms with Gasteiger partial charge < -0.3 is 0 Å². The first-order chi connectivity index (χ1) is 6.54. The van der Waals surface area contributed by atoms with Crippen LogP contribution in [0.15, 0.2) is 36.5 Å². The first-order valence-corrected chi connectivity index (χ1v) is 3.65. The SMILES string of the molecule is C=C1C=CC=CC1N([N+](=O)[O-])[N+](=O)[O-]. The van der Waals surface area contributed by atoms with E-state index < -0.39 is 16.1 Å². The maximum Gasteiger partial charge on any atom is 0.223 e. The summed E-state index contributed by atoms with van der Waals surface area (Å²) in [6, 6.07) is -1.02. The Morgan fingerprint density at radius 3 is 2.29 bits per heavy atom. The second kappa shape index (κ2) is 3.69. The highest BCUT2D eigenvalue weighted by Crippen LogP contribution is 2.15. The summed E-state index contributed by atoms with van der Waals surface area (Å²) < 4.78 is 0. The van der Waals surface area contributed by atoms with E-state index in [0.29, 0.717) is 5.57 Å². The lowest BCUT2D eigenvalue weighted by Gasteiger charge is -2.14. The van der Waals surface area contributed by atoms with Crippen molar-refractivity contribution in [2.24, 2.45) is 0 Å². The molecular formula is C7H7N3O4. The van der Waals surface area contributed by atoms with Gasteiger partial charge in [0, 0.05) is 0 Å². The molecule has 0 amide bonds. The van der Waals surface area contributed by atoms with Gasteiger partial charge in [-0.15, -0.1) is 0 Å². The summed E-state index contributed by atoms with van der Waals surface area (Å²) in [5, 5.41) is 18.5. The van der Waals surface area contributed by atoms with Crippen molar-refractivity contribution in [3.8, 4) is 0 Å². The van der Waals surface area contributed by atoms with Gasteiger partial charge in [0.25, 0.3) is 0 Å². The van der Waals surface area contributed by atoms with Crippen molar-refractivity contribution < 1.29 is 10.1 Å². The van der Waals surface area contributed by atoms with Gasteiger partial charge in [-0.25, -0.2) is 20.2 Å². The van der Waals surface area contributed by atoms with Crippen molar-refractivity contribution in [1.82, 2.24) is 5.12 Å². The number of nitro groups is 2. The molecule has 0 saturated carbocycles. The number of nitrogens with zero attached hydrogens (tertiary/aromatic N) is 3. The van der Waals surface area contributed by atoms with Crippen molar-refractivity contribution in [1.29, 1.82) is 0 Å². The third-order valence-corrected chi connectivity index (χ3v) is 1.68. The number of hydrazine groups is 2. The van der Waals surface area contributed by atoms with E-state index >= 15 is 0 Å². The lowest BCUT2D eigenvalue weighted by molar-refractivity contribution is -0.911. The van der Waals surface area contributed by atoms with Crippen LogP contribution in [0.3, 0.4) is 0 Å². The van der Waals surface area contributed by atoms with E-state index in [1.807, 2.05) is 0 Å². The van der Waals surface area contributed by atoms with Gasteiger partial charge in [-0.2, -0.15) is 0 Å². The molecule has 0 N–H and O–H groups in total. The fourth-order valence-electron chi connectivity index (χ4n) is 1.06. The van der Waals surface area contributed by atoms with E-state index in [1.165, 1.54) is 18.2 Å². The molecule has 0 aromatic carbocycles. The Labute approximate surface area is 78.9 Å². The number of allylic oxidation sites excluding steroid dienone is 2. The first kappa shape index (κ1) is 9.90. The van der Waals surface area contributed by atoms with E-state index in [0.717, 1.165) is 0 Å². The van der Waals surface area contributed by atoms with Crippen LogP contribution in [-0.4, -0.2) is 21.2 Å². The van der Waals surface area contributed by atoms with Crippen molar-refractivity contribution in [3.05, 3.63) is 56.7 Å². The van der Waals surface area contributed by atoms with Crippen molar-refractivity contribution in [2.45, 2.75) is 6.04 Å². The monoisotopic (exact) mass is 197 g/mol. The summed E-state index contributed by atoms with van der Waals surface area (Å²) in [4.78, 5) is 20.8. The van der Waals surface area contributed by atoms with E-state index in [9.17, 15) is 20.2 Å². The Kier molecular flexibility index (Phi) is 2.61. The molecular weight excluding hydrogens is 190 g/mol. The van der Waals surface area contributed by atoms with E-state index in [4.69, 9.17) is 0 Å². The van der Waals surface area contributed by atoms with Gasteiger partial charge in [0.15, 0.2) is 5.12 Å². The van der Waals surface area contributed by atoms with Gasteiger partial charge in [-0.1, -0.05) is 24.8 Å². The Bertz CT molecular complexity index is 333. The maximum atomic E-state index is 10.4. The predicted molar refractivity (Wildman–Crippen MR) is 47.0 cm³/mol. The Balaban J connectivity index is 2.95. The summed E-state index contributed by atoms with van der Waals surface area (Å²) in [7, 11) is 0. The van der Waals surface area contributed by atoms with Crippen LogP contribution in [0.4, 0.5) is 0 Å². The zero-order valence-electron chi connectivity index (χ0n) is 7.07. The van der Waals surface area contributed by atoms with Crippen molar-refractivity contribution in [2.75, 3.05) is 0 Å². The van der Waals surface area contributed by atoms with Gasteiger partial charge in [0.05, 0.1) is 0 Å². The van der Waals surface area contributed by atoms with Crippen molar-refractivity contribution >= 4 is 0 Å². The summed E-state index contributed by atoms with van der Waals surface area (Å²) in [5.41, 5.74) is 0.306. The molecule has 1 atom stereocenters. The van der Waals surface area contributed by atoms with Gasteiger partial charge in [-0.05, 0) is 11.6 Å². The zero-order valence-corrected chi connectivity index (χ0v) is 7.07. The molecule has 1 aliphatic carbocycles.